The van der Waals surface area contributed by atoms with Crippen molar-refractivity contribution in [1.29, 1.82) is 0 Å². The average Bonchev–Trinajstić information content (AvgIpc) is 3.59. The Morgan fingerprint density at radius 1 is 1.16 bits per heavy atom. The number of hydrogen-bond acceptors (Lipinski definition) is 10. The van der Waals surface area contributed by atoms with E-state index in [-0.39, 0.29) is 17.5 Å². The van der Waals surface area contributed by atoms with E-state index in [1.54, 1.807) is 36.7 Å². The number of likely N-dealkylation sites (N-methyl/N-ethyl adjacent to an activating group) is 1. The number of anilines is 2. The molecule has 4 aromatic heterocycles. The van der Waals surface area contributed by atoms with Gasteiger partial charge in [0.25, 0.3) is 11.5 Å². The predicted octanol–water partition coefficient (Wildman–Crippen LogP) is 2.52. The number of pyridine rings is 1. The lowest BCUT2D eigenvalue weighted by atomic mass is 9.95. The molecule has 1 amide bonds. The summed E-state index contributed by atoms with van der Waals surface area (Å²) in [5.41, 5.74) is -0.245. The van der Waals surface area contributed by atoms with Gasteiger partial charge in [0.1, 0.15) is 5.69 Å². The second kappa shape index (κ2) is 8.63. The first-order valence-electron chi connectivity index (χ1n) is 11.8. The molecular formula is C24H22F2N8O4. The largest absolute Gasteiger partial charge is 0.370 e. The summed E-state index contributed by atoms with van der Waals surface area (Å²) < 4.78 is 41.6. The monoisotopic (exact) mass is 524 g/mol. The molecule has 2 aliphatic heterocycles. The summed E-state index contributed by atoms with van der Waals surface area (Å²) in [6.07, 6.45) is 3.13. The molecule has 4 aromatic rings. The summed E-state index contributed by atoms with van der Waals surface area (Å²) in [4.78, 5) is 26.4. The maximum absolute atomic E-state index is 14.5. The van der Waals surface area contributed by atoms with E-state index in [0.29, 0.717) is 30.5 Å². The van der Waals surface area contributed by atoms with Crippen LogP contribution in [0.25, 0.3) is 22.8 Å². The molecule has 2 atom stereocenters. The van der Waals surface area contributed by atoms with Gasteiger partial charge >= 0.3 is 5.92 Å². The third-order valence-corrected chi connectivity index (χ3v) is 6.60. The van der Waals surface area contributed by atoms with Crippen LogP contribution in [0.2, 0.25) is 0 Å². The first kappa shape index (κ1) is 24.1. The molecule has 0 unspecified atom stereocenters. The van der Waals surface area contributed by atoms with E-state index in [1.807, 2.05) is 11.6 Å². The molecule has 1 fully saturated rings. The van der Waals surface area contributed by atoms with Crippen molar-refractivity contribution >= 4 is 17.5 Å². The number of rotatable bonds is 5. The van der Waals surface area contributed by atoms with Gasteiger partial charge < -0.3 is 24.6 Å². The Balaban J connectivity index is 1.28. The SMILES string of the molecule is C[C@H]1OCCn2ncc(Nc3nccc(-c4cccc(-c5cc([C@@]6(O)C(=O)N(C)CC6(F)F)on5)n4)n3)c21. The van der Waals surface area contributed by atoms with Crippen LogP contribution in [0.3, 0.4) is 0 Å². The summed E-state index contributed by atoms with van der Waals surface area (Å²) in [7, 11) is 1.18. The smallest absolute Gasteiger partial charge is 0.309 e. The third-order valence-electron chi connectivity index (χ3n) is 6.60. The molecule has 2 aliphatic rings. The molecule has 0 spiro atoms. The highest BCUT2D eigenvalue weighted by Crippen LogP contribution is 2.45. The highest BCUT2D eigenvalue weighted by atomic mass is 19.3. The minimum atomic E-state index is -3.76. The highest BCUT2D eigenvalue weighted by molar-refractivity contribution is 5.89. The van der Waals surface area contributed by atoms with Gasteiger partial charge in [-0.3, -0.25) is 9.48 Å². The van der Waals surface area contributed by atoms with Crippen LogP contribution >= 0.6 is 0 Å². The number of carbonyl (C=O) groups is 1. The van der Waals surface area contributed by atoms with Gasteiger partial charge in [0, 0.05) is 19.3 Å². The van der Waals surface area contributed by atoms with E-state index in [2.05, 4.69) is 30.5 Å². The molecule has 12 nitrogen and oxygen atoms in total. The van der Waals surface area contributed by atoms with E-state index in [9.17, 15) is 18.7 Å². The Bertz CT molecular complexity index is 1540. The molecule has 0 aromatic carbocycles. The number of halogens is 2. The van der Waals surface area contributed by atoms with Crippen LogP contribution < -0.4 is 5.32 Å². The van der Waals surface area contributed by atoms with Crippen molar-refractivity contribution in [2.24, 2.45) is 0 Å². The molecular weight excluding hydrogens is 502 g/mol. The van der Waals surface area contributed by atoms with Crippen LogP contribution in [-0.4, -0.2) is 71.9 Å². The van der Waals surface area contributed by atoms with E-state index in [0.717, 1.165) is 22.3 Å². The lowest BCUT2D eigenvalue weighted by Crippen LogP contribution is -2.46. The molecule has 1 saturated heterocycles. The van der Waals surface area contributed by atoms with Crippen LogP contribution in [0, 0.1) is 0 Å². The first-order chi connectivity index (χ1) is 18.2. The van der Waals surface area contributed by atoms with Crippen LogP contribution in [0.4, 0.5) is 20.4 Å². The molecule has 2 N–H and O–H groups in total. The Morgan fingerprint density at radius 2 is 1.92 bits per heavy atom. The second-order valence-electron chi connectivity index (χ2n) is 9.13. The summed E-state index contributed by atoms with van der Waals surface area (Å²) in [5.74, 6) is -5.27. The van der Waals surface area contributed by atoms with E-state index >= 15 is 0 Å². The van der Waals surface area contributed by atoms with Gasteiger partial charge in [0.05, 0.1) is 60.5 Å². The average molecular weight is 524 g/mol. The molecule has 0 aliphatic carbocycles. The van der Waals surface area contributed by atoms with Crippen molar-refractivity contribution in [3.05, 3.63) is 54.2 Å². The number of alkyl halides is 2. The van der Waals surface area contributed by atoms with E-state index in [1.165, 1.54) is 7.05 Å². The topological polar surface area (TPSA) is 144 Å². The number of likely N-dealkylation sites (tertiary alicyclic amines) is 1. The Hall–Kier alpha value is -4.30. The number of fused-ring (bicyclic) bond motifs is 1. The number of amides is 1. The second-order valence-corrected chi connectivity index (χ2v) is 9.13. The van der Waals surface area contributed by atoms with Gasteiger partial charge in [-0.15, -0.1) is 0 Å². The fourth-order valence-electron chi connectivity index (χ4n) is 4.66. The maximum Gasteiger partial charge on any atom is 0.309 e. The van der Waals surface area contributed by atoms with Crippen LogP contribution in [-0.2, 0) is 21.7 Å². The van der Waals surface area contributed by atoms with Crippen LogP contribution in [0.1, 0.15) is 24.5 Å². The Kier molecular flexibility index (Phi) is 5.47. The lowest BCUT2D eigenvalue weighted by Gasteiger charge is -2.22. The quantitative estimate of drug-likeness (QED) is 0.400. The normalized spacial score (nSPS) is 22.5. The van der Waals surface area contributed by atoms with Crippen molar-refractivity contribution in [1.82, 2.24) is 34.8 Å². The Labute approximate surface area is 214 Å². The minimum Gasteiger partial charge on any atom is -0.370 e. The van der Waals surface area contributed by atoms with Gasteiger partial charge in [-0.1, -0.05) is 11.2 Å². The standard InChI is InChI=1S/C24H22F2N8O4/c1-13-20-18(11-28-34(20)8-9-37-13)31-22-27-7-6-16(30-22)14-4-3-5-15(29-14)17-10-19(38-32-17)24(36)21(35)33(2)12-23(24,25)26/h3-7,10-11,13,36H,8-9,12H2,1-2H3,(H,27,30,31)/t13-,24-/m1/s1. The summed E-state index contributed by atoms with van der Waals surface area (Å²) in [5, 5.41) is 22.0. The van der Waals surface area contributed by atoms with Crippen LogP contribution in [0.15, 0.2) is 47.2 Å². The summed E-state index contributed by atoms with van der Waals surface area (Å²) >= 11 is 0. The number of carbonyl (C=O) groups excluding carboxylic acids is 1. The van der Waals surface area contributed by atoms with Crippen molar-refractivity contribution in [3.63, 3.8) is 0 Å². The molecule has 14 heteroatoms. The summed E-state index contributed by atoms with van der Waals surface area (Å²) in [6.45, 7) is 2.25. The van der Waals surface area contributed by atoms with Crippen molar-refractivity contribution < 1.29 is 27.9 Å². The van der Waals surface area contributed by atoms with Crippen LogP contribution in [0.5, 0.6) is 0 Å². The predicted molar refractivity (Wildman–Crippen MR) is 127 cm³/mol. The zero-order valence-corrected chi connectivity index (χ0v) is 20.3. The van der Waals surface area contributed by atoms with Gasteiger partial charge in [-0.25, -0.2) is 23.7 Å². The number of ether oxygens (including phenoxy) is 1. The van der Waals surface area contributed by atoms with Gasteiger partial charge in [-0.2, -0.15) is 5.10 Å². The number of aromatic nitrogens is 6. The van der Waals surface area contributed by atoms with E-state index in [4.69, 9.17) is 9.26 Å². The molecule has 0 saturated carbocycles. The Morgan fingerprint density at radius 3 is 2.68 bits per heavy atom. The molecule has 196 valence electrons. The molecule has 0 bridgehead atoms. The molecule has 6 heterocycles. The lowest BCUT2D eigenvalue weighted by molar-refractivity contribution is -0.179. The molecule has 38 heavy (non-hydrogen) atoms. The molecule has 6 rings (SSSR count). The number of nitrogens with zero attached hydrogens (tertiary/aromatic N) is 7. The zero-order valence-electron chi connectivity index (χ0n) is 20.3. The zero-order chi connectivity index (χ0) is 26.7. The summed E-state index contributed by atoms with van der Waals surface area (Å²) in [6, 6.07) is 7.76. The van der Waals surface area contributed by atoms with Gasteiger partial charge in [0.15, 0.2) is 5.76 Å². The first-order valence-corrected chi connectivity index (χ1v) is 11.8. The number of nitrogens with one attached hydrogen (secondary N) is 1. The van der Waals surface area contributed by atoms with E-state index < -0.39 is 29.7 Å². The molecule has 0 radical (unpaired) electrons. The van der Waals surface area contributed by atoms with Crippen molar-refractivity contribution in [2.45, 2.75) is 31.1 Å². The highest BCUT2D eigenvalue weighted by Gasteiger charge is 2.68. The van der Waals surface area contributed by atoms with Gasteiger partial charge in [-0.05, 0) is 25.1 Å². The van der Waals surface area contributed by atoms with Gasteiger partial charge in [0.2, 0.25) is 5.95 Å². The number of aliphatic hydroxyl groups is 1. The van der Waals surface area contributed by atoms with Crippen molar-refractivity contribution in [3.8, 4) is 22.8 Å². The fourth-order valence-corrected chi connectivity index (χ4v) is 4.66. The minimum absolute atomic E-state index is 0.0707. The number of hydrogen-bond donors (Lipinski definition) is 2. The van der Waals surface area contributed by atoms with Crippen molar-refractivity contribution in [2.75, 3.05) is 25.5 Å². The third kappa shape index (κ3) is 3.71. The maximum atomic E-state index is 14.5. The fraction of sp³-hybridized carbons (Fsp3) is 0.333.